The summed E-state index contributed by atoms with van der Waals surface area (Å²) < 4.78 is 1.54. The van der Waals surface area contributed by atoms with Gasteiger partial charge in [0.15, 0.2) is 10.8 Å². The zero-order chi connectivity index (χ0) is 18.8. The van der Waals surface area contributed by atoms with Crippen LogP contribution in [-0.2, 0) is 0 Å². The van der Waals surface area contributed by atoms with E-state index in [0.29, 0.717) is 20.9 Å². The van der Waals surface area contributed by atoms with Gasteiger partial charge in [-0.2, -0.15) is 0 Å². The summed E-state index contributed by atoms with van der Waals surface area (Å²) in [6.45, 7) is 0. The van der Waals surface area contributed by atoms with Gasteiger partial charge >= 0.3 is 0 Å². The molecule has 0 fully saturated rings. The van der Waals surface area contributed by atoms with Gasteiger partial charge in [0.2, 0.25) is 0 Å². The normalized spacial score (nSPS) is 10.7. The second-order valence-corrected chi connectivity index (χ2v) is 7.20. The van der Waals surface area contributed by atoms with Gasteiger partial charge in [-0.25, -0.2) is 9.67 Å². The highest BCUT2D eigenvalue weighted by Gasteiger charge is 2.15. The van der Waals surface area contributed by atoms with Crippen LogP contribution in [0.4, 0.5) is 5.13 Å². The Morgan fingerprint density at radius 3 is 2.70 bits per heavy atom. The van der Waals surface area contributed by atoms with Gasteiger partial charge in [-0.15, -0.1) is 16.4 Å². The number of rotatable bonds is 4. The van der Waals surface area contributed by atoms with E-state index in [1.165, 1.54) is 16.0 Å². The second-order valence-electron chi connectivity index (χ2n) is 5.50. The molecule has 0 aliphatic carbocycles. The number of nitrogens with one attached hydrogen (secondary N) is 1. The van der Waals surface area contributed by atoms with Crippen molar-refractivity contribution in [1.82, 2.24) is 20.0 Å². The van der Waals surface area contributed by atoms with E-state index in [1.54, 1.807) is 24.4 Å². The van der Waals surface area contributed by atoms with E-state index in [4.69, 9.17) is 23.2 Å². The Morgan fingerprint density at radius 2 is 1.93 bits per heavy atom. The molecule has 9 heteroatoms. The molecule has 0 aliphatic heterocycles. The van der Waals surface area contributed by atoms with Crippen molar-refractivity contribution < 1.29 is 4.79 Å². The van der Waals surface area contributed by atoms with Crippen molar-refractivity contribution >= 4 is 45.6 Å². The van der Waals surface area contributed by atoms with Crippen LogP contribution >= 0.6 is 34.5 Å². The van der Waals surface area contributed by atoms with Gasteiger partial charge in [-0.05, 0) is 30.3 Å². The first-order valence-corrected chi connectivity index (χ1v) is 9.44. The summed E-state index contributed by atoms with van der Waals surface area (Å²) in [7, 11) is 0. The van der Waals surface area contributed by atoms with E-state index < -0.39 is 0 Å². The number of hydrogen-bond acceptors (Lipinski definition) is 5. The summed E-state index contributed by atoms with van der Waals surface area (Å²) in [5.41, 5.74) is 2.41. The van der Waals surface area contributed by atoms with Crippen molar-refractivity contribution in [2.75, 3.05) is 5.32 Å². The standard InChI is InChI=1S/C18H11Cl2N5OS/c19-11-6-7-13(14(20)8-11)16-10-27-18(21-16)22-17(26)15-9-25(24-23-15)12-4-2-1-3-5-12/h1-10H,(H,21,22,26). The van der Waals surface area contributed by atoms with Crippen LogP contribution in [-0.4, -0.2) is 25.9 Å². The van der Waals surface area contributed by atoms with Crippen molar-refractivity contribution in [3.05, 3.63) is 75.8 Å². The molecule has 4 rings (SSSR count). The van der Waals surface area contributed by atoms with Gasteiger partial charge in [-0.1, -0.05) is 46.6 Å². The Kier molecular flexibility index (Phi) is 4.89. The first kappa shape index (κ1) is 17.7. The number of para-hydroxylation sites is 1. The molecule has 0 aliphatic rings. The van der Waals surface area contributed by atoms with Gasteiger partial charge in [-0.3, -0.25) is 10.1 Å². The maximum atomic E-state index is 12.4. The monoisotopic (exact) mass is 415 g/mol. The molecule has 0 saturated carbocycles. The van der Waals surface area contributed by atoms with E-state index in [2.05, 4.69) is 20.6 Å². The van der Waals surface area contributed by atoms with Crippen molar-refractivity contribution in [2.45, 2.75) is 0 Å². The molecular weight excluding hydrogens is 405 g/mol. The molecule has 0 atom stereocenters. The van der Waals surface area contributed by atoms with Crippen LogP contribution in [0.15, 0.2) is 60.1 Å². The number of halogens is 2. The molecule has 0 bridgehead atoms. The zero-order valence-electron chi connectivity index (χ0n) is 13.6. The zero-order valence-corrected chi connectivity index (χ0v) is 16.0. The summed E-state index contributed by atoms with van der Waals surface area (Å²) in [5.74, 6) is -0.389. The topological polar surface area (TPSA) is 72.7 Å². The van der Waals surface area contributed by atoms with E-state index in [9.17, 15) is 4.79 Å². The number of hydrogen-bond donors (Lipinski definition) is 1. The van der Waals surface area contributed by atoms with Gasteiger partial charge in [0, 0.05) is 16.0 Å². The lowest BCUT2D eigenvalue weighted by Gasteiger charge is -2.01. The van der Waals surface area contributed by atoms with E-state index in [0.717, 1.165) is 11.3 Å². The van der Waals surface area contributed by atoms with Crippen molar-refractivity contribution in [3.63, 3.8) is 0 Å². The minimum Gasteiger partial charge on any atom is -0.296 e. The quantitative estimate of drug-likeness (QED) is 0.511. The average molecular weight is 416 g/mol. The predicted molar refractivity (Wildman–Crippen MR) is 107 cm³/mol. The van der Waals surface area contributed by atoms with Crippen molar-refractivity contribution in [3.8, 4) is 16.9 Å². The number of carbonyl (C=O) groups excluding carboxylic acids is 1. The molecule has 1 amide bonds. The van der Waals surface area contributed by atoms with Crippen molar-refractivity contribution in [1.29, 1.82) is 0 Å². The summed E-state index contributed by atoms with van der Waals surface area (Å²) in [4.78, 5) is 16.8. The molecule has 0 radical (unpaired) electrons. The Morgan fingerprint density at radius 1 is 1.11 bits per heavy atom. The van der Waals surface area contributed by atoms with Crippen LogP contribution in [0.2, 0.25) is 10.0 Å². The highest BCUT2D eigenvalue weighted by molar-refractivity contribution is 7.14. The van der Waals surface area contributed by atoms with Crippen molar-refractivity contribution in [2.24, 2.45) is 0 Å². The highest BCUT2D eigenvalue weighted by atomic mass is 35.5. The van der Waals surface area contributed by atoms with E-state index in [1.807, 2.05) is 35.7 Å². The number of carbonyl (C=O) groups is 1. The molecule has 2 aromatic carbocycles. The summed E-state index contributed by atoms with van der Waals surface area (Å²) >= 11 is 13.4. The SMILES string of the molecule is O=C(Nc1nc(-c2ccc(Cl)cc2Cl)cs1)c1cn(-c2ccccc2)nn1. The number of anilines is 1. The van der Waals surface area contributed by atoms with Gasteiger partial charge in [0.25, 0.3) is 5.91 Å². The number of amides is 1. The lowest BCUT2D eigenvalue weighted by molar-refractivity contribution is 0.102. The summed E-state index contributed by atoms with van der Waals surface area (Å²) in [6, 6.07) is 14.6. The summed E-state index contributed by atoms with van der Waals surface area (Å²) in [6.07, 6.45) is 1.56. The van der Waals surface area contributed by atoms with Crippen LogP contribution in [0.5, 0.6) is 0 Å². The molecule has 0 spiro atoms. The molecule has 1 N–H and O–H groups in total. The first-order valence-electron chi connectivity index (χ1n) is 7.80. The van der Waals surface area contributed by atoms with E-state index in [-0.39, 0.29) is 11.6 Å². The maximum absolute atomic E-state index is 12.4. The van der Waals surface area contributed by atoms with Gasteiger partial charge in [0.1, 0.15) is 0 Å². The maximum Gasteiger partial charge on any atom is 0.279 e. The van der Waals surface area contributed by atoms with Crippen LogP contribution in [0.1, 0.15) is 10.5 Å². The fraction of sp³-hybridized carbons (Fsp3) is 0. The molecular formula is C18H11Cl2N5OS. The van der Waals surface area contributed by atoms with Crippen LogP contribution in [0.25, 0.3) is 16.9 Å². The molecule has 2 aromatic heterocycles. The third kappa shape index (κ3) is 3.85. The fourth-order valence-corrected chi connectivity index (χ4v) is 3.60. The molecule has 6 nitrogen and oxygen atoms in total. The third-order valence-electron chi connectivity index (χ3n) is 3.68. The first-order chi connectivity index (χ1) is 13.1. The van der Waals surface area contributed by atoms with E-state index >= 15 is 0 Å². The number of aromatic nitrogens is 4. The predicted octanol–water partition coefficient (Wildman–Crippen LogP) is 4.95. The largest absolute Gasteiger partial charge is 0.296 e. The lowest BCUT2D eigenvalue weighted by atomic mass is 10.2. The highest BCUT2D eigenvalue weighted by Crippen LogP contribution is 2.32. The molecule has 134 valence electrons. The Hall–Kier alpha value is -2.74. The van der Waals surface area contributed by atoms with Crippen LogP contribution in [0, 0.1) is 0 Å². The Labute approximate surface area is 168 Å². The summed E-state index contributed by atoms with van der Waals surface area (Å²) in [5, 5.41) is 13.9. The van der Waals surface area contributed by atoms with Crippen LogP contribution in [0.3, 0.4) is 0 Å². The number of thiazole rings is 1. The van der Waals surface area contributed by atoms with Gasteiger partial charge < -0.3 is 0 Å². The minimum atomic E-state index is -0.389. The minimum absolute atomic E-state index is 0.195. The molecule has 0 unspecified atom stereocenters. The molecule has 27 heavy (non-hydrogen) atoms. The lowest BCUT2D eigenvalue weighted by Crippen LogP contribution is -2.12. The number of benzene rings is 2. The number of nitrogens with zero attached hydrogens (tertiary/aromatic N) is 4. The fourth-order valence-electron chi connectivity index (χ4n) is 2.39. The van der Waals surface area contributed by atoms with Crippen LogP contribution < -0.4 is 5.32 Å². The van der Waals surface area contributed by atoms with Gasteiger partial charge in [0.05, 0.1) is 22.6 Å². The Balaban J connectivity index is 1.51. The Bertz CT molecular complexity index is 1110. The smallest absolute Gasteiger partial charge is 0.279 e. The molecule has 2 heterocycles. The molecule has 4 aromatic rings. The second kappa shape index (κ2) is 7.48. The molecule has 0 saturated heterocycles. The average Bonchev–Trinajstić information content (AvgIpc) is 3.32. The third-order valence-corrected chi connectivity index (χ3v) is 4.98.